The molecule has 3 aliphatic heterocycles. The molecule has 10 heteroatoms. The van der Waals surface area contributed by atoms with E-state index in [-0.39, 0.29) is 42.6 Å². The van der Waals surface area contributed by atoms with Crippen LogP contribution in [0.15, 0.2) is 51.6 Å². The van der Waals surface area contributed by atoms with Gasteiger partial charge in [-0.1, -0.05) is 0 Å². The third kappa shape index (κ3) is 4.54. The zero-order valence-electron chi connectivity index (χ0n) is 18.9. The predicted octanol–water partition coefficient (Wildman–Crippen LogP) is 2.37. The largest absolute Gasteiger partial charge is 0.486 e. The first-order valence-corrected chi connectivity index (χ1v) is 11.3. The molecule has 1 saturated heterocycles. The number of nitrogens with one attached hydrogen (secondary N) is 1. The number of fused-ring (bicyclic) bond motifs is 1. The molecule has 5 rings (SSSR count). The fourth-order valence-corrected chi connectivity index (χ4v) is 4.40. The summed E-state index contributed by atoms with van der Waals surface area (Å²) in [5, 5.41) is 2.57. The Bertz CT molecular complexity index is 1130. The molecule has 4 aliphatic rings. The molecule has 0 aromatic carbocycles. The maximum Gasteiger partial charge on any atom is 0.272 e. The highest BCUT2D eigenvalue weighted by molar-refractivity contribution is 6.16. The van der Waals surface area contributed by atoms with Gasteiger partial charge in [0.05, 0.1) is 11.9 Å². The van der Waals surface area contributed by atoms with Gasteiger partial charge in [0.25, 0.3) is 17.7 Å². The van der Waals surface area contributed by atoms with Crippen LogP contribution in [-0.4, -0.2) is 76.9 Å². The van der Waals surface area contributed by atoms with Crippen LogP contribution in [0.25, 0.3) is 0 Å². The van der Waals surface area contributed by atoms with Crippen molar-refractivity contribution in [3.63, 3.8) is 0 Å². The van der Waals surface area contributed by atoms with Crippen LogP contribution in [0.3, 0.4) is 0 Å². The van der Waals surface area contributed by atoms with Crippen LogP contribution in [0.4, 0.5) is 8.78 Å². The summed E-state index contributed by atoms with van der Waals surface area (Å²) < 4.78 is 31.8. The van der Waals surface area contributed by atoms with Gasteiger partial charge in [-0.15, -0.1) is 0 Å². The lowest BCUT2D eigenvalue weighted by atomic mass is 9.88. The van der Waals surface area contributed by atoms with E-state index >= 15 is 0 Å². The average Bonchev–Trinajstić information content (AvgIpc) is 2.78. The second-order valence-electron chi connectivity index (χ2n) is 9.27. The molecule has 3 atom stereocenters. The van der Waals surface area contributed by atoms with Gasteiger partial charge in [0, 0.05) is 49.8 Å². The fourth-order valence-electron chi connectivity index (χ4n) is 4.40. The van der Waals surface area contributed by atoms with Crippen molar-refractivity contribution in [3.8, 4) is 5.75 Å². The van der Waals surface area contributed by atoms with Crippen molar-refractivity contribution in [2.45, 2.75) is 56.8 Å². The second kappa shape index (κ2) is 8.50. The van der Waals surface area contributed by atoms with Gasteiger partial charge in [-0.2, -0.15) is 0 Å². The van der Waals surface area contributed by atoms with Crippen molar-refractivity contribution in [1.29, 1.82) is 0 Å². The first kappa shape index (κ1) is 22.5. The molecule has 1 N–H and O–H groups in total. The number of dihydropyridines is 2. The molecule has 0 radical (unpaired) electrons. The number of halogens is 2. The molecule has 1 unspecified atom stereocenters. The molecule has 1 aromatic rings. The first-order valence-electron chi connectivity index (χ1n) is 11.3. The third-order valence-corrected chi connectivity index (χ3v) is 6.61. The van der Waals surface area contributed by atoms with Gasteiger partial charge >= 0.3 is 0 Å². The first-order chi connectivity index (χ1) is 16.2. The maximum absolute atomic E-state index is 12.9. The number of hydrogen-bond donors (Lipinski definition) is 1. The Kier molecular flexibility index (Phi) is 5.63. The number of aliphatic imine (C=N–C) groups is 2. The van der Waals surface area contributed by atoms with Crippen molar-refractivity contribution in [2.75, 3.05) is 13.1 Å². The Hall–Kier alpha value is -3.27. The number of alkyl halides is 2. The number of carbonyl (C=O) groups is 2. The van der Waals surface area contributed by atoms with Crippen LogP contribution in [0.5, 0.6) is 5.75 Å². The molecule has 2 fully saturated rings. The molecule has 0 bridgehead atoms. The highest BCUT2D eigenvalue weighted by Gasteiger charge is 2.46. The monoisotopic (exact) mass is 469 g/mol. The summed E-state index contributed by atoms with van der Waals surface area (Å²) in [6.07, 6.45) is 6.38. The van der Waals surface area contributed by atoms with E-state index in [0.29, 0.717) is 30.1 Å². The average molecular weight is 469 g/mol. The van der Waals surface area contributed by atoms with E-state index in [9.17, 15) is 18.4 Å². The molecule has 0 spiro atoms. The molecular weight excluding hydrogens is 444 g/mol. The smallest absolute Gasteiger partial charge is 0.272 e. The van der Waals surface area contributed by atoms with Gasteiger partial charge < -0.3 is 10.1 Å². The van der Waals surface area contributed by atoms with Crippen molar-refractivity contribution in [3.05, 3.63) is 47.3 Å². The number of carbonyl (C=O) groups excluding carboxylic acids is 2. The summed E-state index contributed by atoms with van der Waals surface area (Å²) in [5.41, 5.74) is 2.45. The maximum atomic E-state index is 12.9. The van der Waals surface area contributed by atoms with Gasteiger partial charge in [-0.05, 0) is 43.7 Å². The molecular formula is C24H25F2N5O3. The van der Waals surface area contributed by atoms with Gasteiger partial charge in [-0.25, -0.2) is 18.8 Å². The summed E-state index contributed by atoms with van der Waals surface area (Å²) >= 11 is 0. The number of aromatic nitrogens is 1. The molecule has 1 aromatic heterocycles. The van der Waals surface area contributed by atoms with Gasteiger partial charge in [0.1, 0.15) is 23.6 Å². The number of amides is 2. The van der Waals surface area contributed by atoms with Gasteiger partial charge in [-0.3, -0.25) is 19.5 Å². The lowest BCUT2D eigenvalue weighted by Gasteiger charge is -2.46. The number of rotatable bonds is 6. The minimum atomic E-state index is -2.68. The Morgan fingerprint density at radius 1 is 1.32 bits per heavy atom. The van der Waals surface area contributed by atoms with Gasteiger partial charge in [0.2, 0.25) is 0 Å². The van der Waals surface area contributed by atoms with E-state index in [1.807, 2.05) is 18.4 Å². The molecule has 4 heterocycles. The normalized spacial score (nSPS) is 28.1. The number of hydrogen-bond acceptors (Lipinski definition) is 6. The fraction of sp³-hybridized carbons (Fsp3) is 0.458. The molecule has 34 heavy (non-hydrogen) atoms. The lowest BCUT2D eigenvalue weighted by Crippen LogP contribution is -2.61. The second-order valence-corrected chi connectivity index (χ2v) is 9.27. The zero-order chi connectivity index (χ0) is 24.0. The molecule has 1 aliphatic carbocycles. The Morgan fingerprint density at radius 2 is 2.12 bits per heavy atom. The van der Waals surface area contributed by atoms with E-state index in [0.717, 1.165) is 5.57 Å². The van der Waals surface area contributed by atoms with E-state index in [1.165, 1.54) is 12.3 Å². The zero-order valence-corrected chi connectivity index (χ0v) is 18.9. The van der Waals surface area contributed by atoms with Crippen molar-refractivity contribution in [2.24, 2.45) is 9.98 Å². The quantitative estimate of drug-likeness (QED) is 0.690. The van der Waals surface area contributed by atoms with Crippen LogP contribution in [-0.2, 0) is 4.79 Å². The van der Waals surface area contributed by atoms with Crippen LogP contribution < -0.4 is 10.1 Å². The number of likely N-dealkylation sites (tertiary alicyclic amines) is 1. The minimum absolute atomic E-state index is 0.0354. The van der Waals surface area contributed by atoms with Crippen molar-refractivity contribution < 1.29 is 23.1 Å². The Morgan fingerprint density at radius 3 is 2.79 bits per heavy atom. The molecule has 8 nitrogen and oxygen atoms in total. The Labute approximate surface area is 195 Å². The van der Waals surface area contributed by atoms with E-state index < -0.39 is 17.9 Å². The molecule has 1 saturated carbocycles. The summed E-state index contributed by atoms with van der Waals surface area (Å²) in [5.74, 6) is -2.82. The predicted molar refractivity (Wildman–Crippen MR) is 122 cm³/mol. The minimum Gasteiger partial charge on any atom is -0.486 e. The van der Waals surface area contributed by atoms with Crippen molar-refractivity contribution in [1.82, 2.24) is 15.2 Å². The molecule has 2 amide bonds. The van der Waals surface area contributed by atoms with E-state index in [2.05, 4.69) is 32.1 Å². The summed E-state index contributed by atoms with van der Waals surface area (Å²) in [4.78, 5) is 39.0. The summed E-state index contributed by atoms with van der Waals surface area (Å²) in [6.45, 7) is 5.19. The molecule has 178 valence electrons. The third-order valence-electron chi connectivity index (χ3n) is 6.61. The summed E-state index contributed by atoms with van der Waals surface area (Å²) in [6, 6.07) is 2.65. The van der Waals surface area contributed by atoms with Crippen LogP contribution in [0.1, 0.15) is 37.2 Å². The van der Waals surface area contributed by atoms with Crippen LogP contribution in [0.2, 0.25) is 0 Å². The van der Waals surface area contributed by atoms with Crippen LogP contribution in [0, 0.1) is 0 Å². The summed E-state index contributed by atoms with van der Waals surface area (Å²) in [7, 11) is 0. The van der Waals surface area contributed by atoms with E-state index in [1.54, 1.807) is 13.0 Å². The van der Waals surface area contributed by atoms with Crippen molar-refractivity contribution >= 4 is 23.7 Å². The topological polar surface area (TPSA) is 96.2 Å². The lowest BCUT2D eigenvalue weighted by molar-refractivity contribution is -0.114. The highest BCUT2D eigenvalue weighted by Crippen LogP contribution is 2.37. The van der Waals surface area contributed by atoms with Gasteiger partial charge in [0.15, 0.2) is 0 Å². The van der Waals surface area contributed by atoms with Crippen LogP contribution >= 0.6 is 0 Å². The number of nitrogens with zero attached hydrogens (tertiary/aromatic N) is 4. The Balaban J connectivity index is 1.11. The highest BCUT2D eigenvalue weighted by atomic mass is 19.3. The SMILES string of the molecule is CC1=CC2N=CC(CN3C[C@H](Oc4ccc(C(=O)NC5CC(F)(F)C5)nc4)[C@H]3C)=CC2=NC1=O. The number of ether oxygens (including phenoxy) is 1. The van der Waals surface area contributed by atoms with E-state index in [4.69, 9.17) is 4.74 Å². The number of pyridine rings is 1. The standard InChI is InChI=1S/C24H25F2N5O3/c1-13-5-19-20(30-22(13)32)6-15(9-27-19)11-31-12-21(14(31)2)34-17-3-4-18(28-10-17)23(33)29-16-7-24(25,26)8-16/h3-6,9-10,14,16,19,21H,7-8,11-12H2,1-2H3,(H,29,33)/t14-,19?,21+/m1/s1.